The number of ketones is 3. The van der Waals surface area contributed by atoms with Crippen LogP contribution in [0.2, 0.25) is 0 Å². The quantitative estimate of drug-likeness (QED) is 0.316. The van der Waals surface area contributed by atoms with E-state index in [0.717, 1.165) is 28.0 Å². The summed E-state index contributed by atoms with van der Waals surface area (Å²) in [6, 6.07) is 20.1. The molecule has 188 valence electrons. The SMILES string of the molecule is CC(=O)c1ccc2n[nH]nc2c1.CNc1ccc(C(C)=O)cc1.CNc1ccc(OCC(C)=O)cc1. The van der Waals surface area contributed by atoms with Gasteiger partial charge in [-0.05, 0) is 87.5 Å². The minimum Gasteiger partial charge on any atom is -0.486 e. The molecule has 9 nitrogen and oxygen atoms in total. The van der Waals surface area contributed by atoms with Gasteiger partial charge in [-0.3, -0.25) is 14.4 Å². The average Bonchev–Trinajstić information content (AvgIpc) is 3.36. The van der Waals surface area contributed by atoms with Gasteiger partial charge in [-0.25, -0.2) is 0 Å². The molecule has 0 bridgehead atoms. The van der Waals surface area contributed by atoms with Gasteiger partial charge in [-0.15, -0.1) is 0 Å². The molecule has 0 amide bonds. The van der Waals surface area contributed by atoms with Crippen LogP contribution in [0.4, 0.5) is 11.4 Å². The Labute approximate surface area is 210 Å². The molecule has 0 fully saturated rings. The maximum absolute atomic E-state index is 11.0. The minimum atomic E-state index is 0.0256. The normalized spacial score (nSPS) is 9.69. The predicted octanol–water partition coefficient (Wildman–Crippen LogP) is 4.79. The molecular formula is C27H31N5O4. The summed E-state index contributed by atoms with van der Waals surface area (Å²) in [6.07, 6.45) is 0. The summed E-state index contributed by atoms with van der Waals surface area (Å²) in [5, 5.41) is 16.2. The molecule has 1 aromatic heterocycles. The van der Waals surface area contributed by atoms with Crippen molar-refractivity contribution in [3.05, 3.63) is 77.9 Å². The van der Waals surface area contributed by atoms with Gasteiger partial charge in [0.25, 0.3) is 0 Å². The van der Waals surface area contributed by atoms with Crippen molar-refractivity contribution in [2.45, 2.75) is 20.8 Å². The Kier molecular flexibility index (Phi) is 10.8. The van der Waals surface area contributed by atoms with Gasteiger partial charge in [-0.2, -0.15) is 15.4 Å². The Morgan fingerprint density at radius 2 is 1.22 bits per heavy atom. The number of carbonyl (C=O) groups excluding carboxylic acids is 3. The highest BCUT2D eigenvalue weighted by molar-refractivity contribution is 5.97. The van der Waals surface area contributed by atoms with Crippen molar-refractivity contribution in [1.82, 2.24) is 15.4 Å². The fourth-order valence-electron chi connectivity index (χ4n) is 2.83. The molecule has 36 heavy (non-hydrogen) atoms. The molecule has 0 unspecified atom stereocenters. The molecule has 1 heterocycles. The highest BCUT2D eigenvalue weighted by Crippen LogP contribution is 2.15. The molecule has 0 saturated heterocycles. The summed E-state index contributed by atoms with van der Waals surface area (Å²) in [7, 11) is 3.70. The maximum Gasteiger partial charge on any atom is 0.167 e. The third-order valence-electron chi connectivity index (χ3n) is 4.89. The summed E-state index contributed by atoms with van der Waals surface area (Å²) >= 11 is 0. The number of Topliss-reactive ketones (excluding diaryl/α,β-unsaturated/α-hetero) is 3. The van der Waals surface area contributed by atoms with Gasteiger partial charge in [0.15, 0.2) is 17.3 Å². The van der Waals surface area contributed by atoms with Gasteiger partial charge in [0.1, 0.15) is 23.4 Å². The first-order valence-electron chi connectivity index (χ1n) is 11.2. The van der Waals surface area contributed by atoms with Crippen molar-refractivity contribution >= 4 is 39.8 Å². The van der Waals surface area contributed by atoms with Gasteiger partial charge in [0, 0.05) is 36.6 Å². The molecule has 0 spiro atoms. The largest absolute Gasteiger partial charge is 0.486 e. The first-order valence-corrected chi connectivity index (χ1v) is 11.2. The van der Waals surface area contributed by atoms with Crippen molar-refractivity contribution in [2.24, 2.45) is 0 Å². The number of H-pyrrole nitrogens is 1. The van der Waals surface area contributed by atoms with Crippen LogP contribution in [-0.4, -0.2) is 53.5 Å². The van der Waals surface area contributed by atoms with Gasteiger partial charge in [0.05, 0.1) is 0 Å². The lowest BCUT2D eigenvalue weighted by Gasteiger charge is -2.04. The smallest absolute Gasteiger partial charge is 0.167 e. The zero-order chi connectivity index (χ0) is 26.5. The Bertz CT molecular complexity index is 1280. The van der Waals surface area contributed by atoms with Crippen LogP contribution in [0.15, 0.2) is 66.7 Å². The van der Waals surface area contributed by atoms with E-state index in [-0.39, 0.29) is 24.0 Å². The van der Waals surface area contributed by atoms with Crippen molar-refractivity contribution < 1.29 is 19.1 Å². The van der Waals surface area contributed by atoms with E-state index in [2.05, 4.69) is 26.0 Å². The number of rotatable bonds is 7. The second kappa shape index (κ2) is 14.0. The monoisotopic (exact) mass is 489 g/mol. The van der Waals surface area contributed by atoms with E-state index in [1.807, 2.05) is 62.6 Å². The summed E-state index contributed by atoms with van der Waals surface area (Å²) in [4.78, 5) is 32.4. The number of nitrogens with zero attached hydrogens (tertiary/aromatic N) is 2. The van der Waals surface area contributed by atoms with Crippen molar-refractivity contribution in [2.75, 3.05) is 31.3 Å². The highest BCUT2D eigenvalue weighted by Gasteiger charge is 2.02. The molecule has 3 aromatic carbocycles. The van der Waals surface area contributed by atoms with E-state index >= 15 is 0 Å². The fraction of sp³-hybridized carbons (Fsp3) is 0.222. The van der Waals surface area contributed by atoms with Gasteiger partial charge >= 0.3 is 0 Å². The number of nitrogens with one attached hydrogen (secondary N) is 3. The molecule has 0 radical (unpaired) electrons. The second-order valence-electron chi connectivity index (χ2n) is 7.73. The predicted molar refractivity (Wildman–Crippen MR) is 142 cm³/mol. The number of hydrogen-bond donors (Lipinski definition) is 3. The van der Waals surface area contributed by atoms with E-state index in [9.17, 15) is 14.4 Å². The van der Waals surface area contributed by atoms with Crippen LogP contribution in [0.5, 0.6) is 5.75 Å². The summed E-state index contributed by atoms with van der Waals surface area (Å²) in [6.45, 7) is 4.73. The second-order valence-corrected chi connectivity index (χ2v) is 7.73. The molecule has 0 aliphatic rings. The molecule has 0 aliphatic carbocycles. The van der Waals surface area contributed by atoms with Crippen LogP contribution in [0.1, 0.15) is 41.5 Å². The van der Waals surface area contributed by atoms with Gasteiger partial charge in [0.2, 0.25) is 0 Å². The molecule has 3 N–H and O–H groups in total. The Balaban J connectivity index is 0.000000191. The Morgan fingerprint density at radius 1 is 0.722 bits per heavy atom. The number of anilines is 2. The first-order chi connectivity index (χ1) is 17.2. The molecular weight excluding hydrogens is 458 g/mol. The van der Waals surface area contributed by atoms with E-state index in [4.69, 9.17) is 4.74 Å². The highest BCUT2D eigenvalue weighted by atomic mass is 16.5. The van der Waals surface area contributed by atoms with Crippen LogP contribution in [0.3, 0.4) is 0 Å². The fourth-order valence-corrected chi connectivity index (χ4v) is 2.83. The van der Waals surface area contributed by atoms with E-state index in [0.29, 0.717) is 11.3 Å². The number of hydrogen-bond acceptors (Lipinski definition) is 8. The van der Waals surface area contributed by atoms with Gasteiger partial charge in [-0.1, -0.05) is 0 Å². The van der Waals surface area contributed by atoms with Crippen LogP contribution < -0.4 is 15.4 Å². The Morgan fingerprint density at radius 3 is 1.72 bits per heavy atom. The molecule has 0 saturated carbocycles. The number of ether oxygens (including phenoxy) is 1. The van der Waals surface area contributed by atoms with Crippen molar-refractivity contribution in [3.8, 4) is 5.75 Å². The molecule has 9 heteroatoms. The third kappa shape index (κ3) is 9.02. The molecule has 4 aromatic rings. The lowest BCUT2D eigenvalue weighted by atomic mass is 10.1. The van der Waals surface area contributed by atoms with E-state index in [1.54, 1.807) is 25.1 Å². The summed E-state index contributed by atoms with van der Waals surface area (Å²) in [5.74, 6) is 0.888. The standard InChI is InChI=1S/C10H13NO2.C9H11NO.C8H7N3O/c1-8(12)7-13-10-5-3-9(11-2)4-6-10;1-7(11)8-3-5-9(10-2)6-4-8;1-5(12)6-2-3-7-8(4-6)10-11-9-7/h3-6,11H,7H2,1-2H3;3-6,10H,1-2H3;2-4H,1H3,(H,9,10,11). The van der Waals surface area contributed by atoms with Crippen LogP contribution in [0.25, 0.3) is 11.0 Å². The zero-order valence-electron chi connectivity index (χ0n) is 21.1. The number of carbonyl (C=O) groups is 3. The third-order valence-corrected chi connectivity index (χ3v) is 4.89. The van der Waals surface area contributed by atoms with E-state index in [1.165, 1.54) is 13.8 Å². The topological polar surface area (TPSA) is 126 Å². The number of aromatic amines is 1. The maximum atomic E-state index is 11.0. The lowest BCUT2D eigenvalue weighted by molar-refractivity contribution is -0.118. The first kappa shape index (κ1) is 27.7. The number of aromatic nitrogens is 3. The average molecular weight is 490 g/mol. The lowest BCUT2D eigenvalue weighted by Crippen LogP contribution is -2.06. The molecule has 0 aliphatic heterocycles. The van der Waals surface area contributed by atoms with Crippen molar-refractivity contribution in [1.29, 1.82) is 0 Å². The van der Waals surface area contributed by atoms with Gasteiger partial charge < -0.3 is 15.4 Å². The van der Waals surface area contributed by atoms with Crippen LogP contribution >= 0.6 is 0 Å². The summed E-state index contributed by atoms with van der Waals surface area (Å²) < 4.78 is 5.19. The van der Waals surface area contributed by atoms with E-state index < -0.39 is 0 Å². The zero-order valence-corrected chi connectivity index (χ0v) is 21.1. The summed E-state index contributed by atoms with van der Waals surface area (Å²) in [5.41, 5.74) is 4.97. The number of benzene rings is 3. The van der Waals surface area contributed by atoms with Crippen LogP contribution in [0, 0.1) is 0 Å². The van der Waals surface area contributed by atoms with Crippen LogP contribution in [-0.2, 0) is 4.79 Å². The Hall–Kier alpha value is -4.53. The molecule has 0 atom stereocenters. The number of fused-ring (bicyclic) bond motifs is 1. The molecule has 4 rings (SSSR count). The van der Waals surface area contributed by atoms with Crippen molar-refractivity contribution in [3.63, 3.8) is 0 Å². The minimum absolute atomic E-state index is 0.0256.